The van der Waals surface area contributed by atoms with E-state index >= 15 is 0 Å². The third-order valence-electron chi connectivity index (χ3n) is 3.17. The first-order valence-electron chi connectivity index (χ1n) is 6.38. The topological polar surface area (TPSA) is 38.0 Å². The Kier molecular flexibility index (Phi) is 3.99. The van der Waals surface area contributed by atoms with Crippen molar-refractivity contribution in [3.05, 3.63) is 69.9 Å². The van der Waals surface area contributed by atoms with Gasteiger partial charge in [0, 0.05) is 33.0 Å². The monoisotopic (exact) mass is 362 g/mol. The van der Waals surface area contributed by atoms with E-state index in [0.29, 0.717) is 11.6 Å². The second kappa shape index (κ2) is 5.92. The predicted molar refractivity (Wildman–Crippen MR) is 87.6 cm³/mol. The highest BCUT2D eigenvalue weighted by atomic mass is 79.9. The van der Waals surface area contributed by atoms with Crippen LogP contribution in [0, 0.1) is 0 Å². The molecule has 0 bridgehead atoms. The van der Waals surface area contributed by atoms with E-state index in [1.807, 2.05) is 47.2 Å². The molecule has 0 amide bonds. The van der Waals surface area contributed by atoms with E-state index in [2.05, 4.69) is 20.9 Å². The van der Waals surface area contributed by atoms with Crippen LogP contribution in [0.5, 0.6) is 5.75 Å². The lowest BCUT2D eigenvalue weighted by Crippen LogP contribution is -2.01. The molecule has 0 unspecified atom stereocenters. The minimum absolute atomic E-state index is 0.282. The first kappa shape index (κ1) is 14.2. The van der Waals surface area contributed by atoms with Crippen LogP contribution < -0.4 is 0 Å². The molecule has 0 aliphatic carbocycles. The molecule has 106 valence electrons. The minimum Gasteiger partial charge on any atom is -0.508 e. The van der Waals surface area contributed by atoms with E-state index in [-0.39, 0.29) is 5.75 Å². The highest BCUT2D eigenvalue weighted by molar-refractivity contribution is 9.10. The summed E-state index contributed by atoms with van der Waals surface area (Å²) in [4.78, 5) is 4.40. The SMILES string of the molecule is Oc1ccccc1Cn1ccnc1-c1cc(Cl)cc(Br)c1. The van der Waals surface area contributed by atoms with E-state index in [1.54, 1.807) is 12.3 Å². The summed E-state index contributed by atoms with van der Waals surface area (Å²) in [6.07, 6.45) is 3.63. The third kappa shape index (κ3) is 3.12. The molecule has 0 aliphatic heterocycles. The summed E-state index contributed by atoms with van der Waals surface area (Å²) < 4.78 is 2.88. The van der Waals surface area contributed by atoms with E-state index in [1.165, 1.54) is 0 Å². The van der Waals surface area contributed by atoms with Crippen LogP contribution >= 0.6 is 27.5 Å². The molecule has 0 spiro atoms. The van der Waals surface area contributed by atoms with Crippen molar-refractivity contribution in [1.82, 2.24) is 9.55 Å². The van der Waals surface area contributed by atoms with Crippen molar-refractivity contribution in [2.45, 2.75) is 6.54 Å². The van der Waals surface area contributed by atoms with Gasteiger partial charge in [0.05, 0.1) is 6.54 Å². The number of para-hydroxylation sites is 1. The highest BCUT2D eigenvalue weighted by Gasteiger charge is 2.09. The molecule has 2 aromatic carbocycles. The van der Waals surface area contributed by atoms with Gasteiger partial charge < -0.3 is 9.67 Å². The first-order valence-corrected chi connectivity index (χ1v) is 7.55. The lowest BCUT2D eigenvalue weighted by Gasteiger charge is -2.10. The first-order chi connectivity index (χ1) is 10.1. The maximum atomic E-state index is 9.90. The summed E-state index contributed by atoms with van der Waals surface area (Å²) >= 11 is 9.54. The van der Waals surface area contributed by atoms with Gasteiger partial charge in [0.1, 0.15) is 11.6 Å². The van der Waals surface area contributed by atoms with E-state index in [4.69, 9.17) is 11.6 Å². The fraction of sp³-hybridized carbons (Fsp3) is 0.0625. The average molecular weight is 364 g/mol. The summed E-state index contributed by atoms with van der Waals surface area (Å²) in [5.74, 6) is 1.09. The number of phenols is 1. The standard InChI is InChI=1S/C16H12BrClN2O/c17-13-7-12(8-14(18)9-13)16-19-5-6-20(16)10-11-3-1-2-4-15(11)21/h1-9,21H,10H2. The number of aromatic hydroxyl groups is 1. The Labute approximate surface area is 136 Å². The Hall–Kier alpha value is -1.78. The Morgan fingerprint density at radius 3 is 2.76 bits per heavy atom. The number of rotatable bonds is 3. The summed E-state index contributed by atoms with van der Waals surface area (Å²) in [5.41, 5.74) is 1.77. The molecular formula is C16H12BrClN2O. The predicted octanol–water partition coefficient (Wildman–Crippen LogP) is 4.72. The fourth-order valence-corrected chi connectivity index (χ4v) is 3.07. The lowest BCUT2D eigenvalue weighted by atomic mass is 10.2. The van der Waals surface area contributed by atoms with Gasteiger partial charge in [-0.1, -0.05) is 45.7 Å². The molecule has 1 N–H and O–H groups in total. The molecule has 3 aromatic rings. The molecular weight excluding hydrogens is 352 g/mol. The zero-order valence-electron chi connectivity index (χ0n) is 11.0. The van der Waals surface area contributed by atoms with Crippen molar-refractivity contribution in [3.63, 3.8) is 0 Å². The number of nitrogens with zero attached hydrogens (tertiary/aromatic N) is 2. The lowest BCUT2D eigenvalue weighted by molar-refractivity contribution is 0.466. The number of halogens is 2. The van der Waals surface area contributed by atoms with Crippen molar-refractivity contribution in [2.24, 2.45) is 0 Å². The van der Waals surface area contributed by atoms with Gasteiger partial charge >= 0.3 is 0 Å². The van der Waals surface area contributed by atoms with Crippen molar-refractivity contribution in [3.8, 4) is 17.1 Å². The van der Waals surface area contributed by atoms with Crippen LogP contribution in [0.2, 0.25) is 5.02 Å². The Bertz CT molecular complexity index is 765. The average Bonchev–Trinajstić information content (AvgIpc) is 2.88. The van der Waals surface area contributed by atoms with Gasteiger partial charge in [-0.3, -0.25) is 0 Å². The van der Waals surface area contributed by atoms with Crippen LogP contribution in [-0.4, -0.2) is 14.7 Å². The Morgan fingerprint density at radius 1 is 1.19 bits per heavy atom. The number of aromatic nitrogens is 2. The van der Waals surface area contributed by atoms with Gasteiger partial charge in [-0.05, 0) is 24.3 Å². The minimum atomic E-state index is 0.282. The van der Waals surface area contributed by atoms with Gasteiger partial charge in [0.2, 0.25) is 0 Å². The zero-order valence-corrected chi connectivity index (χ0v) is 13.3. The van der Waals surface area contributed by atoms with Crippen molar-refractivity contribution in [1.29, 1.82) is 0 Å². The molecule has 0 radical (unpaired) electrons. The molecule has 3 rings (SSSR count). The van der Waals surface area contributed by atoms with Crippen LogP contribution in [0.4, 0.5) is 0 Å². The van der Waals surface area contributed by atoms with Gasteiger partial charge in [0.25, 0.3) is 0 Å². The molecule has 1 heterocycles. The largest absolute Gasteiger partial charge is 0.508 e. The number of hydrogen-bond donors (Lipinski definition) is 1. The smallest absolute Gasteiger partial charge is 0.140 e. The van der Waals surface area contributed by atoms with Crippen molar-refractivity contribution in [2.75, 3.05) is 0 Å². The van der Waals surface area contributed by atoms with Crippen molar-refractivity contribution < 1.29 is 5.11 Å². The second-order valence-corrected chi connectivity index (χ2v) is 6.02. The maximum absolute atomic E-state index is 9.90. The number of phenolic OH excluding ortho intramolecular Hbond substituents is 1. The summed E-state index contributed by atoms with van der Waals surface area (Å²) in [7, 11) is 0. The van der Waals surface area contributed by atoms with Crippen LogP contribution in [0.25, 0.3) is 11.4 Å². The number of imidazole rings is 1. The second-order valence-electron chi connectivity index (χ2n) is 4.67. The fourth-order valence-electron chi connectivity index (χ4n) is 2.21. The van der Waals surface area contributed by atoms with Crippen LogP contribution in [0.1, 0.15) is 5.56 Å². The normalized spacial score (nSPS) is 10.8. The van der Waals surface area contributed by atoms with Crippen LogP contribution in [0.15, 0.2) is 59.3 Å². The summed E-state index contributed by atoms with van der Waals surface area (Å²) in [5, 5.41) is 10.5. The number of benzene rings is 2. The molecule has 3 nitrogen and oxygen atoms in total. The quantitative estimate of drug-likeness (QED) is 0.731. The maximum Gasteiger partial charge on any atom is 0.140 e. The Balaban J connectivity index is 1.99. The summed E-state index contributed by atoms with van der Waals surface area (Å²) in [6, 6.07) is 13.0. The van der Waals surface area contributed by atoms with E-state index < -0.39 is 0 Å². The van der Waals surface area contributed by atoms with Gasteiger partial charge in [-0.2, -0.15) is 0 Å². The van der Waals surface area contributed by atoms with Crippen LogP contribution in [-0.2, 0) is 6.54 Å². The third-order valence-corrected chi connectivity index (χ3v) is 3.84. The molecule has 21 heavy (non-hydrogen) atoms. The zero-order chi connectivity index (χ0) is 14.8. The molecule has 0 atom stereocenters. The van der Waals surface area contributed by atoms with Gasteiger partial charge in [0.15, 0.2) is 0 Å². The molecule has 5 heteroatoms. The molecule has 0 saturated heterocycles. The van der Waals surface area contributed by atoms with Gasteiger partial charge in [-0.15, -0.1) is 0 Å². The van der Waals surface area contributed by atoms with Crippen LogP contribution in [0.3, 0.4) is 0 Å². The highest BCUT2D eigenvalue weighted by Crippen LogP contribution is 2.27. The summed E-state index contributed by atoms with van der Waals surface area (Å²) in [6.45, 7) is 0.548. The number of hydrogen-bond acceptors (Lipinski definition) is 2. The molecule has 1 aromatic heterocycles. The van der Waals surface area contributed by atoms with Crippen molar-refractivity contribution >= 4 is 27.5 Å². The molecule has 0 fully saturated rings. The molecule has 0 aliphatic rings. The van der Waals surface area contributed by atoms with Gasteiger partial charge in [-0.25, -0.2) is 4.98 Å². The Morgan fingerprint density at radius 2 is 2.00 bits per heavy atom. The van der Waals surface area contributed by atoms with E-state index in [0.717, 1.165) is 21.4 Å². The van der Waals surface area contributed by atoms with E-state index in [9.17, 15) is 5.11 Å². The molecule has 0 saturated carbocycles.